The Balaban J connectivity index is 0.00000144. The van der Waals surface area contributed by atoms with Gasteiger partial charge in [0.05, 0.1) is 5.54 Å². The SMILES string of the molecule is CCN(CC)C1(c2cccs2)CCCCC1.Cl. The highest BCUT2D eigenvalue weighted by Gasteiger charge is 2.38. The molecule has 0 unspecified atom stereocenters. The van der Waals surface area contributed by atoms with E-state index in [9.17, 15) is 0 Å². The summed E-state index contributed by atoms with van der Waals surface area (Å²) in [5.74, 6) is 0. The average Bonchev–Trinajstić information content (AvgIpc) is 2.86. The first-order chi connectivity index (χ1) is 7.83. The van der Waals surface area contributed by atoms with E-state index >= 15 is 0 Å². The van der Waals surface area contributed by atoms with Gasteiger partial charge in [-0.3, -0.25) is 4.90 Å². The maximum Gasteiger partial charge on any atom is 0.0553 e. The molecule has 0 radical (unpaired) electrons. The van der Waals surface area contributed by atoms with Crippen LogP contribution in [0.2, 0.25) is 0 Å². The van der Waals surface area contributed by atoms with E-state index in [1.54, 1.807) is 4.88 Å². The van der Waals surface area contributed by atoms with Gasteiger partial charge in [0, 0.05) is 4.88 Å². The second kappa shape index (κ2) is 6.77. The van der Waals surface area contributed by atoms with Crippen molar-refractivity contribution in [1.82, 2.24) is 4.90 Å². The Morgan fingerprint density at radius 2 is 1.82 bits per heavy atom. The van der Waals surface area contributed by atoms with Crippen LogP contribution in [0.1, 0.15) is 50.8 Å². The molecular formula is C14H24ClNS. The van der Waals surface area contributed by atoms with Crippen LogP contribution >= 0.6 is 23.7 Å². The fourth-order valence-electron chi connectivity index (χ4n) is 3.23. The Labute approximate surface area is 116 Å². The van der Waals surface area contributed by atoms with Crippen LogP contribution in [0.15, 0.2) is 17.5 Å². The van der Waals surface area contributed by atoms with Gasteiger partial charge in [0.15, 0.2) is 0 Å². The highest BCUT2D eigenvalue weighted by Crippen LogP contribution is 2.43. The maximum atomic E-state index is 2.68. The van der Waals surface area contributed by atoms with Gasteiger partial charge in [-0.15, -0.1) is 23.7 Å². The second-order valence-electron chi connectivity index (χ2n) is 4.74. The summed E-state index contributed by atoms with van der Waals surface area (Å²) in [5, 5.41) is 2.23. The molecule has 0 N–H and O–H groups in total. The third-order valence-electron chi connectivity index (χ3n) is 4.03. The van der Waals surface area contributed by atoms with Gasteiger partial charge >= 0.3 is 0 Å². The molecule has 0 aliphatic heterocycles. The molecule has 1 aromatic heterocycles. The Morgan fingerprint density at radius 1 is 1.18 bits per heavy atom. The third-order valence-corrected chi connectivity index (χ3v) is 5.09. The number of halogens is 1. The van der Waals surface area contributed by atoms with E-state index in [1.165, 1.54) is 45.2 Å². The number of hydrogen-bond donors (Lipinski definition) is 0. The Bertz CT molecular complexity index is 300. The van der Waals surface area contributed by atoms with Crippen LogP contribution in [0, 0.1) is 0 Å². The summed E-state index contributed by atoms with van der Waals surface area (Å²) in [5.41, 5.74) is 0.371. The van der Waals surface area contributed by atoms with Crippen LogP contribution in [0.25, 0.3) is 0 Å². The van der Waals surface area contributed by atoms with E-state index < -0.39 is 0 Å². The molecular weight excluding hydrogens is 250 g/mol. The molecule has 98 valence electrons. The van der Waals surface area contributed by atoms with Gasteiger partial charge in [0.2, 0.25) is 0 Å². The summed E-state index contributed by atoms with van der Waals surface area (Å²) in [6.07, 6.45) is 6.93. The van der Waals surface area contributed by atoms with Crippen molar-refractivity contribution in [2.45, 2.75) is 51.5 Å². The summed E-state index contributed by atoms with van der Waals surface area (Å²) in [6, 6.07) is 4.55. The first-order valence-corrected chi connectivity index (χ1v) is 7.50. The highest BCUT2D eigenvalue weighted by atomic mass is 35.5. The van der Waals surface area contributed by atoms with Crippen LogP contribution in [0.5, 0.6) is 0 Å². The minimum atomic E-state index is 0. The predicted octanol–water partition coefficient (Wildman–Crippen LogP) is 4.67. The lowest BCUT2D eigenvalue weighted by molar-refractivity contribution is 0.0601. The zero-order valence-corrected chi connectivity index (χ0v) is 12.6. The molecule has 1 fully saturated rings. The summed E-state index contributed by atoms with van der Waals surface area (Å²) >= 11 is 1.95. The van der Waals surface area contributed by atoms with E-state index in [0.29, 0.717) is 5.54 Å². The van der Waals surface area contributed by atoms with Gasteiger partial charge in [-0.2, -0.15) is 0 Å². The number of hydrogen-bond acceptors (Lipinski definition) is 2. The van der Waals surface area contributed by atoms with Crippen molar-refractivity contribution < 1.29 is 0 Å². The molecule has 1 aliphatic carbocycles. The van der Waals surface area contributed by atoms with E-state index in [-0.39, 0.29) is 12.4 Å². The van der Waals surface area contributed by atoms with Crippen molar-refractivity contribution in [3.8, 4) is 0 Å². The quantitative estimate of drug-likeness (QED) is 0.770. The molecule has 17 heavy (non-hydrogen) atoms. The highest BCUT2D eigenvalue weighted by molar-refractivity contribution is 7.10. The first-order valence-electron chi connectivity index (χ1n) is 6.62. The molecule has 1 heterocycles. The molecule has 1 aromatic rings. The predicted molar refractivity (Wildman–Crippen MR) is 79.3 cm³/mol. The van der Waals surface area contributed by atoms with Gasteiger partial charge in [-0.25, -0.2) is 0 Å². The molecule has 0 bridgehead atoms. The standard InChI is InChI=1S/C14H23NS.ClH/c1-3-15(4-2)14(10-6-5-7-11-14)13-9-8-12-16-13;/h8-9,12H,3-7,10-11H2,1-2H3;1H. The summed E-state index contributed by atoms with van der Waals surface area (Å²) in [6.45, 7) is 6.95. The van der Waals surface area contributed by atoms with Crippen molar-refractivity contribution in [3.05, 3.63) is 22.4 Å². The van der Waals surface area contributed by atoms with Crippen LogP contribution < -0.4 is 0 Å². The largest absolute Gasteiger partial charge is 0.293 e. The number of rotatable bonds is 4. The van der Waals surface area contributed by atoms with Crippen molar-refractivity contribution in [1.29, 1.82) is 0 Å². The maximum absolute atomic E-state index is 2.68. The molecule has 1 saturated carbocycles. The topological polar surface area (TPSA) is 3.24 Å². The first kappa shape index (κ1) is 15.0. The smallest absolute Gasteiger partial charge is 0.0553 e. The zero-order chi connectivity index (χ0) is 11.4. The van der Waals surface area contributed by atoms with Crippen molar-refractivity contribution in [2.75, 3.05) is 13.1 Å². The molecule has 1 aliphatic rings. The van der Waals surface area contributed by atoms with Gasteiger partial charge in [0.1, 0.15) is 0 Å². The fourth-order valence-corrected chi connectivity index (χ4v) is 4.24. The van der Waals surface area contributed by atoms with Gasteiger partial charge in [-0.05, 0) is 37.4 Å². The summed E-state index contributed by atoms with van der Waals surface area (Å²) in [4.78, 5) is 4.27. The second-order valence-corrected chi connectivity index (χ2v) is 5.69. The number of thiophene rings is 1. The lowest BCUT2D eigenvalue weighted by Gasteiger charge is -2.45. The Hall–Kier alpha value is -0.0500. The Kier molecular flexibility index (Phi) is 5.98. The fraction of sp³-hybridized carbons (Fsp3) is 0.714. The molecule has 3 heteroatoms. The average molecular weight is 274 g/mol. The molecule has 0 atom stereocenters. The minimum absolute atomic E-state index is 0. The lowest BCUT2D eigenvalue weighted by atomic mass is 9.79. The van der Waals surface area contributed by atoms with Crippen molar-refractivity contribution in [2.24, 2.45) is 0 Å². The van der Waals surface area contributed by atoms with Crippen LogP contribution in [0.4, 0.5) is 0 Å². The molecule has 1 nitrogen and oxygen atoms in total. The monoisotopic (exact) mass is 273 g/mol. The molecule has 0 amide bonds. The van der Waals surface area contributed by atoms with Crippen LogP contribution in [-0.2, 0) is 5.54 Å². The van der Waals surface area contributed by atoms with Gasteiger partial charge in [0.25, 0.3) is 0 Å². The third kappa shape index (κ3) is 2.86. The van der Waals surface area contributed by atoms with E-state index in [2.05, 4.69) is 36.3 Å². The summed E-state index contributed by atoms with van der Waals surface area (Å²) in [7, 11) is 0. The number of nitrogens with zero attached hydrogens (tertiary/aromatic N) is 1. The van der Waals surface area contributed by atoms with E-state index in [1.807, 2.05) is 11.3 Å². The van der Waals surface area contributed by atoms with E-state index in [4.69, 9.17) is 0 Å². The Morgan fingerprint density at radius 3 is 2.29 bits per heavy atom. The normalized spacial score (nSPS) is 19.0. The van der Waals surface area contributed by atoms with Crippen LogP contribution in [-0.4, -0.2) is 18.0 Å². The van der Waals surface area contributed by atoms with Gasteiger partial charge < -0.3 is 0 Å². The van der Waals surface area contributed by atoms with Gasteiger partial charge in [-0.1, -0.05) is 39.2 Å². The van der Waals surface area contributed by atoms with Crippen molar-refractivity contribution >= 4 is 23.7 Å². The van der Waals surface area contributed by atoms with Crippen molar-refractivity contribution in [3.63, 3.8) is 0 Å². The van der Waals surface area contributed by atoms with E-state index in [0.717, 1.165) is 0 Å². The zero-order valence-electron chi connectivity index (χ0n) is 10.9. The minimum Gasteiger partial charge on any atom is -0.293 e. The molecule has 0 aromatic carbocycles. The molecule has 0 saturated heterocycles. The summed E-state index contributed by atoms with van der Waals surface area (Å²) < 4.78 is 0. The molecule has 2 rings (SSSR count). The lowest BCUT2D eigenvalue weighted by Crippen LogP contribution is -2.46. The molecule has 0 spiro atoms. The van der Waals surface area contributed by atoms with Crippen LogP contribution in [0.3, 0.4) is 0 Å².